The van der Waals surface area contributed by atoms with Gasteiger partial charge < -0.3 is 4.98 Å². The van der Waals surface area contributed by atoms with Crippen LogP contribution in [-0.2, 0) is 0 Å². The number of hydrogen-bond acceptors (Lipinski definition) is 4. The first-order valence-corrected chi connectivity index (χ1v) is 5.70. The van der Waals surface area contributed by atoms with Gasteiger partial charge in [-0.1, -0.05) is 0 Å². The summed E-state index contributed by atoms with van der Waals surface area (Å²) in [4.78, 5) is 17.1. The molecular formula is C11H6N4S. The molecule has 0 fully saturated rings. The Bertz CT molecular complexity index is 749. The molecule has 4 aromatic heterocycles. The maximum atomic E-state index is 4.51. The van der Waals surface area contributed by atoms with Gasteiger partial charge >= 0.3 is 0 Å². The second kappa shape index (κ2) is 2.76. The highest BCUT2D eigenvalue weighted by Crippen LogP contribution is 2.35. The van der Waals surface area contributed by atoms with Gasteiger partial charge in [0.15, 0.2) is 5.65 Å². The highest BCUT2D eigenvalue weighted by atomic mass is 32.1. The van der Waals surface area contributed by atoms with Gasteiger partial charge in [0.1, 0.15) is 4.83 Å². The van der Waals surface area contributed by atoms with E-state index in [0.29, 0.717) is 0 Å². The van der Waals surface area contributed by atoms with Crippen molar-refractivity contribution in [1.82, 2.24) is 19.9 Å². The van der Waals surface area contributed by atoms with Crippen LogP contribution in [0.2, 0.25) is 0 Å². The minimum Gasteiger partial charge on any atom is -0.345 e. The summed E-state index contributed by atoms with van der Waals surface area (Å²) in [6.45, 7) is 0. The molecule has 0 aliphatic heterocycles. The molecule has 76 valence electrons. The van der Waals surface area contributed by atoms with E-state index in [0.717, 1.165) is 31.5 Å². The van der Waals surface area contributed by atoms with E-state index in [1.807, 2.05) is 12.3 Å². The van der Waals surface area contributed by atoms with Crippen molar-refractivity contribution in [2.45, 2.75) is 0 Å². The molecule has 0 aromatic carbocycles. The van der Waals surface area contributed by atoms with Crippen molar-refractivity contribution in [3.63, 3.8) is 0 Å². The Morgan fingerprint density at radius 3 is 3.31 bits per heavy atom. The maximum Gasteiger partial charge on any atom is 0.161 e. The summed E-state index contributed by atoms with van der Waals surface area (Å²) in [5, 5.41) is 2.26. The van der Waals surface area contributed by atoms with Crippen molar-refractivity contribution >= 4 is 42.8 Å². The quantitative estimate of drug-likeness (QED) is 0.501. The van der Waals surface area contributed by atoms with Gasteiger partial charge in [-0.15, -0.1) is 11.3 Å². The summed E-state index contributed by atoms with van der Waals surface area (Å²) in [6, 6.07) is 3.99. The third-order valence-corrected chi connectivity index (χ3v) is 3.67. The summed E-state index contributed by atoms with van der Waals surface area (Å²) in [5.41, 5.74) is 1.92. The minimum atomic E-state index is 0.816. The predicted octanol–water partition coefficient (Wildman–Crippen LogP) is 2.72. The number of hydrogen-bond donors (Lipinski definition) is 1. The Kier molecular flexibility index (Phi) is 1.41. The Labute approximate surface area is 94.0 Å². The van der Waals surface area contributed by atoms with Crippen molar-refractivity contribution in [3.8, 4) is 0 Å². The molecule has 1 N–H and O–H groups in total. The lowest BCUT2D eigenvalue weighted by molar-refractivity contribution is 1.23. The third kappa shape index (κ3) is 0.906. The van der Waals surface area contributed by atoms with Gasteiger partial charge in [-0.25, -0.2) is 15.0 Å². The molecule has 4 aromatic rings. The number of fused-ring (bicyclic) bond motifs is 5. The second-order valence-electron chi connectivity index (χ2n) is 3.56. The average Bonchev–Trinajstić information content (AvgIpc) is 2.83. The number of pyridine rings is 1. The monoisotopic (exact) mass is 226 g/mol. The first kappa shape index (κ1) is 8.18. The Hall–Kier alpha value is -2.01. The van der Waals surface area contributed by atoms with E-state index in [-0.39, 0.29) is 0 Å². The molecule has 4 rings (SSSR count). The molecule has 0 aliphatic rings. The molecule has 0 aliphatic carbocycles. The molecule has 4 heterocycles. The fourth-order valence-corrected chi connectivity index (χ4v) is 3.01. The fourth-order valence-electron chi connectivity index (χ4n) is 1.98. The largest absolute Gasteiger partial charge is 0.345 e. The lowest BCUT2D eigenvalue weighted by Crippen LogP contribution is -1.76. The van der Waals surface area contributed by atoms with Crippen molar-refractivity contribution in [1.29, 1.82) is 0 Å². The molecule has 0 saturated carbocycles. The summed E-state index contributed by atoms with van der Waals surface area (Å²) in [7, 11) is 0. The summed E-state index contributed by atoms with van der Waals surface area (Å²) >= 11 is 1.64. The van der Waals surface area contributed by atoms with Crippen LogP contribution in [0, 0.1) is 0 Å². The van der Waals surface area contributed by atoms with E-state index in [4.69, 9.17) is 0 Å². The van der Waals surface area contributed by atoms with Crippen LogP contribution in [-0.4, -0.2) is 19.9 Å². The highest BCUT2D eigenvalue weighted by Gasteiger charge is 2.12. The zero-order valence-corrected chi connectivity index (χ0v) is 8.95. The topological polar surface area (TPSA) is 54.5 Å². The Morgan fingerprint density at radius 2 is 2.31 bits per heavy atom. The van der Waals surface area contributed by atoms with Crippen LogP contribution < -0.4 is 0 Å². The molecular weight excluding hydrogens is 220 g/mol. The first-order chi connectivity index (χ1) is 7.93. The van der Waals surface area contributed by atoms with E-state index in [1.54, 1.807) is 23.9 Å². The predicted molar refractivity (Wildman–Crippen MR) is 64.6 cm³/mol. The van der Waals surface area contributed by atoms with Crippen LogP contribution in [0.4, 0.5) is 0 Å². The van der Waals surface area contributed by atoms with Gasteiger partial charge in [0.25, 0.3) is 0 Å². The normalized spacial score (nSPS) is 11.8. The molecule has 0 saturated heterocycles. The lowest BCUT2D eigenvalue weighted by Gasteiger charge is -1.90. The van der Waals surface area contributed by atoms with E-state index >= 15 is 0 Å². The molecule has 5 heteroatoms. The summed E-state index contributed by atoms with van der Waals surface area (Å²) in [5.74, 6) is 0. The van der Waals surface area contributed by atoms with Crippen molar-refractivity contribution in [2.24, 2.45) is 0 Å². The maximum absolute atomic E-state index is 4.51. The molecule has 0 amide bonds. The summed E-state index contributed by atoms with van der Waals surface area (Å²) in [6.07, 6.45) is 5.33. The van der Waals surface area contributed by atoms with Crippen molar-refractivity contribution in [3.05, 3.63) is 30.9 Å². The average molecular weight is 226 g/mol. The zero-order valence-electron chi connectivity index (χ0n) is 8.14. The van der Waals surface area contributed by atoms with E-state index in [2.05, 4.69) is 26.0 Å². The molecule has 0 bridgehead atoms. The van der Waals surface area contributed by atoms with Crippen LogP contribution in [0.15, 0.2) is 30.9 Å². The van der Waals surface area contributed by atoms with Gasteiger partial charge in [-0.3, -0.25) is 0 Å². The number of nitrogens with one attached hydrogen (secondary N) is 1. The standard InChI is InChI=1S/C11H6N4S/c1-2-6-8-9-7(4-12-5-14-9)16-11(8)15-10(6)13-3-1/h1-5H,(H,12,14). The fraction of sp³-hybridized carbons (Fsp3) is 0. The smallest absolute Gasteiger partial charge is 0.161 e. The van der Waals surface area contributed by atoms with E-state index in [1.165, 1.54) is 0 Å². The number of nitrogens with zero attached hydrogens (tertiary/aromatic N) is 3. The Balaban J connectivity index is 2.38. The molecule has 0 unspecified atom stereocenters. The number of thiophene rings is 1. The number of aromatic nitrogens is 4. The highest BCUT2D eigenvalue weighted by molar-refractivity contribution is 7.25. The summed E-state index contributed by atoms with van der Waals surface area (Å²) < 4.78 is 1.13. The zero-order chi connectivity index (χ0) is 10.5. The van der Waals surface area contributed by atoms with Crippen molar-refractivity contribution in [2.75, 3.05) is 0 Å². The molecule has 16 heavy (non-hydrogen) atoms. The van der Waals surface area contributed by atoms with E-state index < -0.39 is 0 Å². The lowest BCUT2D eigenvalue weighted by atomic mass is 10.2. The number of H-pyrrole nitrogens is 1. The molecule has 0 radical (unpaired) electrons. The van der Waals surface area contributed by atoms with Gasteiger partial charge in [0.2, 0.25) is 0 Å². The van der Waals surface area contributed by atoms with Crippen LogP contribution in [0.3, 0.4) is 0 Å². The number of aromatic amines is 1. The molecule has 0 spiro atoms. The molecule has 0 atom stereocenters. The van der Waals surface area contributed by atoms with Gasteiger partial charge in [0.05, 0.1) is 16.5 Å². The van der Waals surface area contributed by atoms with Crippen molar-refractivity contribution < 1.29 is 0 Å². The van der Waals surface area contributed by atoms with Gasteiger partial charge in [-0.2, -0.15) is 0 Å². The molecule has 4 nitrogen and oxygen atoms in total. The Morgan fingerprint density at radius 1 is 1.31 bits per heavy atom. The van der Waals surface area contributed by atoms with Crippen LogP contribution in [0.1, 0.15) is 0 Å². The van der Waals surface area contributed by atoms with Gasteiger partial charge in [0, 0.05) is 23.2 Å². The SMILES string of the molecule is c1cnc2nc3sc4cnc[nH]c4c3c2c1. The van der Waals surface area contributed by atoms with Crippen LogP contribution >= 0.6 is 11.3 Å². The first-order valence-electron chi connectivity index (χ1n) is 4.89. The van der Waals surface area contributed by atoms with Crippen LogP contribution in [0.25, 0.3) is 31.5 Å². The number of rotatable bonds is 0. The van der Waals surface area contributed by atoms with E-state index in [9.17, 15) is 0 Å². The van der Waals surface area contributed by atoms with Crippen LogP contribution in [0.5, 0.6) is 0 Å². The second-order valence-corrected chi connectivity index (χ2v) is 4.59. The van der Waals surface area contributed by atoms with Gasteiger partial charge in [-0.05, 0) is 12.1 Å². The third-order valence-electron chi connectivity index (χ3n) is 2.66. The minimum absolute atomic E-state index is 0.816.